The Labute approximate surface area is 222 Å². The van der Waals surface area contributed by atoms with Gasteiger partial charge >= 0.3 is 6.09 Å². The van der Waals surface area contributed by atoms with Gasteiger partial charge in [-0.3, -0.25) is 4.79 Å². The number of hydrogen-bond acceptors (Lipinski definition) is 5. The molecule has 198 valence electrons. The number of fused-ring (bicyclic) bond motifs is 1. The second-order valence-electron chi connectivity index (χ2n) is 11.5. The largest absolute Gasteiger partial charge is 0.442 e. The standard InChI is InChI=1S/C30H33FN4O3/c1-18-14-19(8-12-24(18)27-20(16-32)6-5-7-25(27)31)28(36)35(22-9-10-22)23-11-13-26-21(15-23)17-34(33-26)29(37)38-30(2,3)4/h7-8,12,14,17,22-23H,5-6,9-11,13,15H2,1-4H3. The molecule has 8 heteroatoms. The fourth-order valence-electron chi connectivity index (χ4n) is 5.45. The molecule has 1 unspecified atom stereocenters. The number of amides is 1. The van der Waals surface area contributed by atoms with E-state index in [9.17, 15) is 19.2 Å². The molecular formula is C30H33FN4O3. The molecule has 1 saturated carbocycles. The van der Waals surface area contributed by atoms with E-state index in [1.807, 2.05) is 38.7 Å². The smallest absolute Gasteiger partial charge is 0.435 e. The molecule has 2 aromatic rings. The van der Waals surface area contributed by atoms with Crippen molar-refractivity contribution in [1.29, 1.82) is 5.26 Å². The molecule has 38 heavy (non-hydrogen) atoms. The monoisotopic (exact) mass is 516 g/mol. The van der Waals surface area contributed by atoms with E-state index in [2.05, 4.69) is 11.2 Å². The minimum Gasteiger partial charge on any atom is -0.442 e. The highest BCUT2D eigenvalue weighted by Crippen LogP contribution is 2.38. The Hall–Kier alpha value is -3.73. The number of rotatable bonds is 4. The summed E-state index contributed by atoms with van der Waals surface area (Å²) in [5.41, 5.74) is 4.00. The molecule has 0 radical (unpaired) electrons. The maximum Gasteiger partial charge on any atom is 0.435 e. The lowest BCUT2D eigenvalue weighted by atomic mass is 9.88. The number of aromatic nitrogens is 2. The van der Waals surface area contributed by atoms with E-state index >= 15 is 0 Å². The number of ether oxygens (including phenoxy) is 1. The Kier molecular flexibility index (Phi) is 6.72. The van der Waals surface area contributed by atoms with E-state index in [1.165, 1.54) is 10.8 Å². The summed E-state index contributed by atoms with van der Waals surface area (Å²) in [6, 6.07) is 7.68. The molecule has 1 fully saturated rings. The molecule has 5 rings (SSSR count). The number of nitriles is 1. The Balaban J connectivity index is 1.37. The highest BCUT2D eigenvalue weighted by Gasteiger charge is 2.40. The zero-order chi connectivity index (χ0) is 27.2. The van der Waals surface area contributed by atoms with Crippen molar-refractivity contribution in [2.75, 3.05) is 0 Å². The van der Waals surface area contributed by atoms with E-state index in [4.69, 9.17) is 4.74 Å². The average Bonchev–Trinajstić information content (AvgIpc) is 3.59. The van der Waals surface area contributed by atoms with Crippen molar-refractivity contribution in [2.24, 2.45) is 0 Å². The van der Waals surface area contributed by atoms with Gasteiger partial charge in [-0.1, -0.05) is 6.07 Å². The maximum atomic E-state index is 14.7. The predicted molar refractivity (Wildman–Crippen MR) is 141 cm³/mol. The van der Waals surface area contributed by atoms with Crippen LogP contribution in [0.15, 0.2) is 41.9 Å². The highest BCUT2D eigenvalue weighted by molar-refractivity contribution is 5.96. The van der Waals surface area contributed by atoms with Crippen LogP contribution in [0.3, 0.4) is 0 Å². The Bertz CT molecular complexity index is 1400. The third-order valence-electron chi connectivity index (χ3n) is 7.33. The predicted octanol–water partition coefficient (Wildman–Crippen LogP) is 6.06. The molecule has 1 aromatic carbocycles. The summed E-state index contributed by atoms with van der Waals surface area (Å²) in [5, 5.41) is 14.0. The fraction of sp³-hybridized carbons (Fsp3) is 0.467. The van der Waals surface area contributed by atoms with Crippen LogP contribution >= 0.6 is 0 Å². The molecule has 0 aliphatic heterocycles. The molecule has 0 bridgehead atoms. The minimum absolute atomic E-state index is 0.00499. The zero-order valence-corrected chi connectivity index (χ0v) is 22.4. The number of aryl methyl sites for hydroxylation is 2. The van der Waals surface area contributed by atoms with Crippen molar-refractivity contribution in [3.63, 3.8) is 0 Å². The van der Waals surface area contributed by atoms with Gasteiger partial charge in [-0.05, 0) is 108 Å². The molecule has 0 spiro atoms. The molecule has 3 aliphatic rings. The summed E-state index contributed by atoms with van der Waals surface area (Å²) in [5.74, 6) is -0.413. The number of halogens is 1. The van der Waals surface area contributed by atoms with Gasteiger partial charge in [0.1, 0.15) is 11.4 Å². The van der Waals surface area contributed by atoms with Gasteiger partial charge in [0, 0.05) is 35.0 Å². The first-order valence-electron chi connectivity index (χ1n) is 13.3. The molecule has 7 nitrogen and oxygen atoms in total. The summed E-state index contributed by atoms with van der Waals surface area (Å²) < 4.78 is 21.4. The van der Waals surface area contributed by atoms with Gasteiger partial charge in [0.05, 0.1) is 11.8 Å². The SMILES string of the molecule is Cc1cc(C(=O)N(C2CC2)C2CCc3nn(C(=O)OC(C)(C)C)cc3C2)ccc1C1=C(C#N)CCC=C1F. The molecule has 1 heterocycles. The van der Waals surface area contributed by atoms with Crippen LogP contribution in [0.1, 0.15) is 85.6 Å². The van der Waals surface area contributed by atoms with Crippen LogP contribution in [0.5, 0.6) is 0 Å². The van der Waals surface area contributed by atoms with Crippen molar-refractivity contribution in [2.45, 2.75) is 90.3 Å². The summed E-state index contributed by atoms with van der Waals surface area (Å²) in [4.78, 5) is 28.3. The van der Waals surface area contributed by atoms with Crippen LogP contribution < -0.4 is 0 Å². The van der Waals surface area contributed by atoms with Crippen molar-refractivity contribution < 1.29 is 18.7 Å². The Morgan fingerprint density at radius 1 is 1.18 bits per heavy atom. The fourth-order valence-corrected chi connectivity index (χ4v) is 5.45. The van der Waals surface area contributed by atoms with Gasteiger partial charge in [0.25, 0.3) is 5.91 Å². The quantitative estimate of drug-likeness (QED) is 0.493. The van der Waals surface area contributed by atoms with Crippen LogP contribution in [0.2, 0.25) is 0 Å². The van der Waals surface area contributed by atoms with Gasteiger partial charge < -0.3 is 9.64 Å². The van der Waals surface area contributed by atoms with Gasteiger partial charge in [-0.2, -0.15) is 15.0 Å². The number of carbonyl (C=O) groups excluding carboxylic acids is 2. The van der Waals surface area contributed by atoms with Gasteiger partial charge in [0.2, 0.25) is 0 Å². The normalized spacial score (nSPS) is 19.4. The number of allylic oxidation sites excluding steroid dienone is 4. The molecule has 0 saturated heterocycles. The molecule has 3 aliphatic carbocycles. The second-order valence-corrected chi connectivity index (χ2v) is 11.5. The molecule has 1 atom stereocenters. The van der Waals surface area contributed by atoms with Crippen molar-refractivity contribution in [1.82, 2.24) is 14.7 Å². The van der Waals surface area contributed by atoms with Crippen molar-refractivity contribution in [3.8, 4) is 6.07 Å². The minimum atomic E-state index is -0.610. The Morgan fingerprint density at radius 3 is 2.61 bits per heavy atom. The zero-order valence-electron chi connectivity index (χ0n) is 22.4. The Morgan fingerprint density at radius 2 is 1.95 bits per heavy atom. The third-order valence-corrected chi connectivity index (χ3v) is 7.33. The third kappa shape index (κ3) is 5.15. The summed E-state index contributed by atoms with van der Waals surface area (Å²) in [7, 11) is 0. The number of benzene rings is 1. The molecular weight excluding hydrogens is 483 g/mol. The molecule has 1 amide bonds. The molecule has 1 aromatic heterocycles. The topological polar surface area (TPSA) is 88.2 Å². The van der Waals surface area contributed by atoms with E-state index < -0.39 is 11.7 Å². The van der Waals surface area contributed by atoms with E-state index in [0.29, 0.717) is 48.0 Å². The summed E-state index contributed by atoms with van der Waals surface area (Å²) in [6.07, 6.45) is 7.80. The van der Waals surface area contributed by atoms with Gasteiger partial charge in [-0.15, -0.1) is 0 Å². The van der Waals surface area contributed by atoms with Gasteiger partial charge in [-0.25, -0.2) is 9.18 Å². The van der Waals surface area contributed by atoms with E-state index in [1.54, 1.807) is 18.3 Å². The van der Waals surface area contributed by atoms with E-state index in [-0.39, 0.29) is 23.8 Å². The van der Waals surface area contributed by atoms with E-state index in [0.717, 1.165) is 36.1 Å². The van der Waals surface area contributed by atoms with Crippen LogP contribution in [-0.4, -0.2) is 44.4 Å². The van der Waals surface area contributed by atoms with Crippen molar-refractivity contribution in [3.05, 3.63) is 69.8 Å². The molecule has 0 N–H and O–H groups in total. The lowest BCUT2D eigenvalue weighted by Gasteiger charge is -2.34. The van der Waals surface area contributed by atoms with Crippen molar-refractivity contribution >= 4 is 17.6 Å². The van der Waals surface area contributed by atoms with Gasteiger partial charge in [0.15, 0.2) is 0 Å². The highest BCUT2D eigenvalue weighted by atomic mass is 19.1. The summed E-state index contributed by atoms with van der Waals surface area (Å²) >= 11 is 0. The first-order valence-corrected chi connectivity index (χ1v) is 13.3. The first-order chi connectivity index (χ1) is 18.1. The van der Waals surface area contributed by atoms with Crippen LogP contribution in [0.4, 0.5) is 9.18 Å². The number of nitrogens with zero attached hydrogens (tertiary/aromatic N) is 4. The summed E-state index contributed by atoms with van der Waals surface area (Å²) in [6.45, 7) is 7.31. The average molecular weight is 517 g/mol. The van der Waals surface area contributed by atoms with Crippen LogP contribution in [-0.2, 0) is 17.6 Å². The number of carbonyl (C=O) groups is 2. The van der Waals surface area contributed by atoms with Crippen LogP contribution in [0, 0.1) is 18.3 Å². The second kappa shape index (κ2) is 9.86. The lowest BCUT2D eigenvalue weighted by Crippen LogP contribution is -2.44. The first kappa shape index (κ1) is 25.9. The lowest BCUT2D eigenvalue weighted by molar-refractivity contribution is 0.0513. The maximum absolute atomic E-state index is 14.7. The number of hydrogen-bond donors (Lipinski definition) is 0. The van der Waals surface area contributed by atoms with Crippen LogP contribution in [0.25, 0.3) is 5.57 Å².